The second-order valence-corrected chi connectivity index (χ2v) is 7.65. The SMILES string of the molecule is Cc1ccccc1S(=O)(=O)N1CCc2c(cnc3[nH]ncc23)C1. The Kier molecular flexibility index (Phi) is 3.21. The van der Waals surface area contributed by atoms with Gasteiger partial charge in [0.2, 0.25) is 10.0 Å². The highest BCUT2D eigenvalue weighted by molar-refractivity contribution is 7.89. The summed E-state index contributed by atoms with van der Waals surface area (Å²) in [6.07, 6.45) is 4.17. The zero-order chi connectivity index (χ0) is 16.0. The molecular weight excluding hydrogens is 312 g/mol. The number of H-pyrrole nitrogens is 1. The molecule has 23 heavy (non-hydrogen) atoms. The summed E-state index contributed by atoms with van der Waals surface area (Å²) in [5, 5.41) is 7.85. The van der Waals surface area contributed by atoms with Crippen LogP contribution in [0.25, 0.3) is 11.0 Å². The van der Waals surface area contributed by atoms with Gasteiger partial charge in [0.25, 0.3) is 0 Å². The molecular formula is C16H16N4O2S. The molecule has 118 valence electrons. The summed E-state index contributed by atoms with van der Waals surface area (Å²) in [5.41, 5.74) is 3.60. The smallest absolute Gasteiger partial charge is 0.243 e. The maximum Gasteiger partial charge on any atom is 0.243 e. The van der Waals surface area contributed by atoms with Crippen molar-refractivity contribution in [2.75, 3.05) is 6.54 Å². The minimum atomic E-state index is -3.49. The van der Waals surface area contributed by atoms with Crippen LogP contribution in [0.1, 0.15) is 16.7 Å². The van der Waals surface area contributed by atoms with Gasteiger partial charge in [0, 0.05) is 24.7 Å². The third-order valence-corrected chi connectivity index (χ3v) is 6.36. The lowest BCUT2D eigenvalue weighted by atomic mass is 10.0. The van der Waals surface area contributed by atoms with E-state index in [1.54, 1.807) is 24.5 Å². The monoisotopic (exact) mass is 328 g/mol. The molecule has 0 fully saturated rings. The van der Waals surface area contributed by atoms with Gasteiger partial charge in [0.1, 0.15) is 0 Å². The third-order valence-electron chi connectivity index (χ3n) is 4.35. The summed E-state index contributed by atoms with van der Waals surface area (Å²) in [6.45, 7) is 2.63. The van der Waals surface area contributed by atoms with E-state index in [2.05, 4.69) is 15.2 Å². The van der Waals surface area contributed by atoms with Crippen molar-refractivity contribution >= 4 is 21.1 Å². The lowest BCUT2D eigenvalue weighted by Gasteiger charge is -2.28. The van der Waals surface area contributed by atoms with Crippen LogP contribution in [-0.4, -0.2) is 34.4 Å². The van der Waals surface area contributed by atoms with Crippen LogP contribution in [0.4, 0.5) is 0 Å². The molecule has 0 bridgehead atoms. The molecule has 3 heterocycles. The van der Waals surface area contributed by atoms with E-state index in [9.17, 15) is 8.42 Å². The van der Waals surface area contributed by atoms with E-state index in [-0.39, 0.29) is 0 Å². The predicted molar refractivity (Wildman–Crippen MR) is 86.4 cm³/mol. The lowest BCUT2D eigenvalue weighted by molar-refractivity contribution is 0.391. The van der Waals surface area contributed by atoms with Crippen LogP contribution < -0.4 is 0 Å². The van der Waals surface area contributed by atoms with Gasteiger partial charge in [-0.3, -0.25) is 5.10 Å². The maximum atomic E-state index is 12.9. The number of pyridine rings is 1. The first-order chi connectivity index (χ1) is 11.1. The second-order valence-electron chi connectivity index (χ2n) is 5.75. The first-order valence-electron chi connectivity index (χ1n) is 7.43. The summed E-state index contributed by atoms with van der Waals surface area (Å²) < 4.78 is 27.4. The number of nitrogens with zero attached hydrogens (tertiary/aromatic N) is 3. The van der Waals surface area contributed by atoms with Crippen LogP contribution >= 0.6 is 0 Å². The Hall–Kier alpha value is -2.25. The van der Waals surface area contributed by atoms with Crippen LogP contribution in [0, 0.1) is 6.92 Å². The average molecular weight is 328 g/mol. The molecule has 2 aromatic heterocycles. The molecule has 1 aromatic carbocycles. The number of benzene rings is 1. The highest BCUT2D eigenvalue weighted by Crippen LogP contribution is 2.29. The van der Waals surface area contributed by atoms with E-state index in [4.69, 9.17) is 0 Å². The van der Waals surface area contributed by atoms with Gasteiger partial charge in [-0.25, -0.2) is 13.4 Å². The van der Waals surface area contributed by atoms with Gasteiger partial charge in [-0.1, -0.05) is 18.2 Å². The Morgan fingerprint density at radius 1 is 1.22 bits per heavy atom. The number of aromatic nitrogens is 3. The first kappa shape index (κ1) is 14.3. The molecule has 1 N–H and O–H groups in total. The van der Waals surface area contributed by atoms with E-state index in [1.807, 2.05) is 19.1 Å². The van der Waals surface area contributed by atoms with Crippen molar-refractivity contribution in [3.8, 4) is 0 Å². The van der Waals surface area contributed by atoms with E-state index in [0.29, 0.717) is 24.4 Å². The first-order valence-corrected chi connectivity index (χ1v) is 8.87. The van der Waals surface area contributed by atoms with Crippen molar-refractivity contribution in [2.45, 2.75) is 24.8 Å². The third kappa shape index (κ3) is 2.24. The van der Waals surface area contributed by atoms with E-state index >= 15 is 0 Å². The Morgan fingerprint density at radius 2 is 2.04 bits per heavy atom. The van der Waals surface area contributed by atoms with Gasteiger partial charge in [0.05, 0.1) is 11.1 Å². The molecule has 4 rings (SSSR count). The van der Waals surface area contributed by atoms with Gasteiger partial charge in [-0.15, -0.1) is 0 Å². The fourth-order valence-corrected chi connectivity index (χ4v) is 4.76. The van der Waals surface area contributed by atoms with Crippen LogP contribution in [0.5, 0.6) is 0 Å². The van der Waals surface area contributed by atoms with Crippen LogP contribution in [0.3, 0.4) is 0 Å². The van der Waals surface area contributed by atoms with E-state index in [1.165, 1.54) is 4.31 Å². The number of aromatic amines is 1. The fourth-order valence-electron chi connectivity index (χ4n) is 3.12. The Morgan fingerprint density at radius 3 is 2.87 bits per heavy atom. The van der Waals surface area contributed by atoms with Crippen LogP contribution in [0.15, 0.2) is 41.6 Å². The lowest BCUT2D eigenvalue weighted by Crippen LogP contribution is -2.36. The molecule has 0 spiro atoms. The fraction of sp³-hybridized carbons (Fsp3) is 0.250. The van der Waals surface area contributed by atoms with Gasteiger partial charge in [-0.2, -0.15) is 9.40 Å². The molecule has 0 saturated carbocycles. The number of hydrogen-bond donors (Lipinski definition) is 1. The van der Waals surface area contributed by atoms with Gasteiger partial charge in [-0.05, 0) is 36.1 Å². The Labute approximate surface area is 134 Å². The summed E-state index contributed by atoms with van der Waals surface area (Å²) in [5.74, 6) is 0. The molecule has 0 unspecified atom stereocenters. The molecule has 1 aliphatic heterocycles. The molecule has 6 nitrogen and oxygen atoms in total. The summed E-state index contributed by atoms with van der Waals surface area (Å²) in [6, 6.07) is 7.09. The Bertz CT molecular complexity index is 994. The molecule has 0 saturated heterocycles. The van der Waals surface area contributed by atoms with Crippen molar-refractivity contribution in [3.63, 3.8) is 0 Å². The average Bonchev–Trinajstić information content (AvgIpc) is 3.03. The van der Waals surface area contributed by atoms with Gasteiger partial charge < -0.3 is 0 Å². The molecule has 1 aliphatic rings. The molecule has 3 aromatic rings. The molecule has 0 atom stereocenters. The molecule has 7 heteroatoms. The minimum Gasteiger partial charge on any atom is -0.261 e. The van der Waals surface area contributed by atoms with Crippen molar-refractivity contribution in [1.82, 2.24) is 19.5 Å². The highest BCUT2D eigenvalue weighted by atomic mass is 32.2. The highest BCUT2D eigenvalue weighted by Gasteiger charge is 2.30. The standard InChI is InChI=1S/C16H16N4O2S/c1-11-4-2-3-5-15(11)23(21,22)20-7-6-13-12(10-20)8-17-16-14(13)9-18-19-16/h2-5,8-9H,6-7,10H2,1H3,(H,17,18,19). The minimum absolute atomic E-state index is 0.347. The van der Waals surface area contributed by atoms with Crippen LogP contribution in [-0.2, 0) is 23.0 Å². The topological polar surface area (TPSA) is 79.0 Å². The number of rotatable bonds is 2. The molecule has 0 radical (unpaired) electrons. The van der Waals surface area contributed by atoms with Gasteiger partial charge in [0.15, 0.2) is 5.65 Å². The second kappa shape index (κ2) is 5.14. The number of hydrogen-bond acceptors (Lipinski definition) is 4. The summed E-state index contributed by atoms with van der Waals surface area (Å²) >= 11 is 0. The van der Waals surface area contributed by atoms with Crippen molar-refractivity contribution in [1.29, 1.82) is 0 Å². The van der Waals surface area contributed by atoms with Gasteiger partial charge >= 0.3 is 0 Å². The largest absolute Gasteiger partial charge is 0.261 e. The zero-order valence-electron chi connectivity index (χ0n) is 12.7. The summed E-state index contributed by atoms with van der Waals surface area (Å²) in [4.78, 5) is 4.70. The van der Waals surface area contributed by atoms with Crippen molar-refractivity contribution in [3.05, 3.63) is 53.3 Å². The van der Waals surface area contributed by atoms with Crippen molar-refractivity contribution in [2.24, 2.45) is 0 Å². The predicted octanol–water partition coefficient (Wildman–Crippen LogP) is 2.01. The van der Waals surface area contributed by atoms with E-state index < -0.39 is 10.0 Å². The Balaban J connectivity index is 1.74. The zero-order valence-corrected chi connectivity index (χ0v) is 13.5. The number of nitrogens with one attached hydrogen (secondary N) is 1. The number of fused-ring (bicyclic) bond motifs is 3. The van der Waals surface area contributed by atoms with E-state index in [0.717, 1.165) is 27.7 Å². The number of sulfonamides is 1. The normalized spacial score (nSPS) is 15.7. The quantitative estimate of drug-likeness (QED) is 0.780. The molecule has 0 amide bonds. The maximum absolute atomic E-state index is 12.9. The summed E-state index contributed by atoms with van der Waals surface area (Å²) in [7, 11) is -3.49. The molecule has 0 aliphatic carbocycles. The number of aryl methyl sites for hydroxylation is 1. The van der Waals surface area contributed by atoms with Crippen molar-refractivity contribution < 1.29 is 8.42 Å². The van der Waals surface area contributed by atoms with Crippen LogP contribution in [0.2, 0.25) is 0 Å².